The minimum atomic E-state index is -0.430. The van der Waals surface area contributed by atoms with Gasteiger partial charge < -0.3 is 5.11 Å². The summed E-state index contributed by atoms with van der Waals surface area (Å²) >= 11 is 3.49. The number of aryl methyl sites for hydroxylation is 1. The first-order chi connectivity index (χ1) is 8.68. The first kappa shape index (κ1) is 13.8. The number of hydrogen-bond donors (Lipinski definition) is 1. The van der Waals surface area contributed by atoms with E-state index in [0.29, 0.717) is 0 Å². The van der Waals surface area contributed by atoms with Crippen LogP contribution in [-0.2, 0) is 0 Å². The average Bonchev–Trinajstić information content (AvgIpc) is 2.31. The summed E-state index contributed by atoms with van der Waals surface area (Å²) in [5.41, 5.74) is 3.40. The van der Waals surface area contributed by atoms with Crippen molar-refractivity contribution in [3.8, 4) is 0 Å². The summed E-state index contributed by atoms with van der Waals surface area (Å²) in [5.74, 6) is 0. The van der Waals surface area contributed by atoms with E-state index in [1.54, 1.807) is 0 Å². The number of benzene rings is 1. The standard InChI is InChI=1S/C16H21BrO/c1-12-9-10-14(17)11-15(12)16(18)13-7-5-3-2-4-6-8-13/h7,9-11,16,18H,2-6,8H2,1H3/b13-7+. The van der Waals surface area contributed by atoms with E-state index in [-0.39, 0.29) is 0 Å². The Hall–Kier alpha value is -0.600. The Morgan fingerprint density at radius 3 is 2.78 bits per heavy atom. The van der Waals surface area contributed by atoms with E-state index in [0.717, 1.165) is 28.4 Å². The summed E-state index contributed by atoms with van der Waals surface area (Å²) in [5, 5.41) is 10.6. The summed E-state index contributed by atoms with van der Waals surface area (Å²) in [7, 11) is 0. The molecule has 1 N–H and O–H groups in total. The lowest BCUT2D eigenvalue weighted by Crippen LogP contribution is -2.05. The van der Waals surface area contributed by atoms with Crippen LogP contribution < -0.4 is 0 Å². The van der Waals surface area contributed by atoms with Gasteiger partial charge >= 0.3 is 0 Å². The third kappa shape index (κ3) is 3.46. The number of hydrogen-bond acceptors (Lipinski definition) is 1. The summed E-state index contributed by atoms with van der Waals surface area (Å²) in [6.45, 7) is 2.06. The molecule has 2 heteroatoms. The van der Waals surface area contributed by atoms with Gasteiger partial charge in [-0.05, 0) is 61.4 Å². The fourth-order valence-corrected chi connectivity index (χ4v) is 2.95. The second-order valence-corrected chi connectivity index (χ2v) is 6.05. The lowest BCUT2D eigenvalue weighted by atomic mass is 9.91. The van der Waals surface area contributed by atoms with Crippen molar-refractivity contribution in [3.05, 3.63) is 45.4 Å². The molecular formula is C16H21BrO. The lowest BCUT2D eigenvalue weighted by Gasteiger charge is -2.19. The van der Waals surface area contributed by atoms with Crippen LogP contribution in [0.4, 0.5) is 0 Å². The van der Waals surface area contributed by atoms with Crippen molar-refractivity contribution in [2.24, 2.45) is 0 Å². The molecule has 0 heterocycles. The molecule has 1 aliphatic carbocycles. The highest BCUT2D eigenvalue weighted by molar-refractivity contribution is 9.10. The van der Waals surface area contributed by atoms with Crippen LogP contribution in [0.1, 0.15) is 55.8 Å². The molecule has 0 aromatic heterocycles. The summed E-state index contributed by atoms with van der Waals surface area (Å²) < 4.78 is 1.04. The van der Waals surface area contributed by atoms with Crippen LogP contribution in [0.3, 0.4) is 0 Å². The van der Waals surface area contributed by atoms with Crippen LogP contribution in [0.15, 0.2) is 34.3 Å². The van der Waals surface area contributed by atoms with Gasteiger partial charge in [0, 0.05) is 4.47 Å². The maximum atomic E-state index is 10.6. The molecule has 2 rings (SSSR count). The van der Waals surface area contributed by atoms with Crippen LogP contribution in [0.2, 0.25) is 0 Å². The van der Waals surface area contributed by atoms with Crippen molar-refractivity contribution in [3.63, 3.8) is 0 Å². The van der Waals surface area contributed by atoms with Gasteiger partial charge in [-0.15, -0.1) is 0 Å². The molecule has 0 bridgehead atoms. The minimum absolute atomic E-state index is 0.430. The second kappa shape index (κ2) is 6.53. The molecule has 1 unspecified atom stereocenters. The Bertz CT molecular complexity index is 437. The van der Waals surface area contributed by atoms with E-state index in [2.05, 4.69) is 35.0 Å². The van der Waals surface area contributed by atoms with Crippen LogP contribution in [0, 0.1) is 6.92 Å². The first-order valence-corrected chi connectivity index (χ1v) is 7.61. The van der Waals surface area contributed by atoms with Gasteiger partial charge in [0.2, 0.25) is 0 Å². The fourth-order valence-electron chi connectivity index (χ4n) is 2.57. The van der Waals surface area contributed by atoms with Crippen molar-refractivity contribution in [2.45, 2.75) is 51.6 Å². The van der Waals surface area contributed by atoms with Crippen molar-refractivity contribution in [1.29, 1.82) is 0 Å². The molecule has 0 radical (unpaired) electrons. The van der Waals surface area contributed by atoms with E-state index >= 15 is 0 Å². The van der Waals surface area contributed by atoms with Crippen molar-refractivity contribution < 1.29 is 5.11 Å². The molecule has 1 aromatic carbocycles. The maximum Gasteiger partial charge on any atom is 0.100 e. The van der Waals surface area contributed by atoms with Gasteiger partial charge in [-0.2, -0.15) is 0 Å². The maximum absolute atomic E-state index is 10.6. The number of aliphatic hydroxyl groups is 1. The highest BCUT2D eigenvalue weighted by atomic mass is 79.9. The van der Waals surface area contributed by atoms with Crippen LogP contribution >= 0.6 is 15.9 Å². The highest BCUT2D eigenvalue weighted by Gasteiger charge is 2.16. The third-order valence-corrected chi connectivity index (χ3v) is 4.21. The molecule has 1 nitrogen and oxygen atoms in total. The molecule has 0 saturated heterocycles. The van der Waals surface area contributed by atoms with Crippen molar-refractivity contribution in [1.82, 2.24) is 0 Å². The number of aliphatic hydroxyl groups excluding tert-OH is 1. The highest BCUT2D eigenvalue weighted by Crippen LogP contribution is 2.31. The van der Waals surface area contributed by atoms with Gasteiger partial charge in [0.05, 0.1) is 0 Å². The molecule has 18 heavy (non-hydrogen) atoms. The second-order valence-electron chi connectivity index (χ2n) is 5.14. The van der Waals surface area contributed by atoms with E-state index in [9.17, 15) is 5.11 Å². The first-order valence-electron chi connectivity index (χ1n) is 6.81. The molecule has 0 fully saturated rings. The predicted octanol–water partition coefficient (Wildman–Crippen LogP) is 5.07. The Balaban J connectivity index is 2.23. The third-order valence-electron chi connectivity index (χ3n) is 3.71. The normalized spacial score (nSPS) is 21.6. The zero-order valence-electron chi connectivity index (χ0n) is 11.0. The van der Waals surface area contributed by atoms with Crippen LogP contribution in [0.25, 0.3) is 0 Å². The van der Waals surface area contributed by atoms with E-state index in [1.807, 2.05) is 12.1 Å². The van der Waals surface area contributed by atoms with Gasteiger partial charge in [0.25, 0.3) is 0 Å². The van der Waals surface area contributed by atoms with Gasteiger partial charge in [0.1, 0.15) is 6.10 Å². The van der Waals surface area contributed by atoms with Crippen molar-refractivity contribution in [2.75, 3.05) is 0 Å². The SMILES string of the molecule is Cc1ccc(Br)cc1C(O)/C1=C/CCCCCC1. The number of halogens is 1. The molecule has 1 aromatic rings. The Kier molecular flexibility index (Phi) is 5.02. The van der Waals surface area contributed by atoms with Crippen LogP contribution in [-0.4, -0.2) is 5.11 Å². The Labute approximate surface area is 118 Å². The lowest BCUT2D eigenvalue weighted by molar-refractivity contribution is 0.208. The summed E-state index contributed by atoms with van der Waals surface area (Å²) in [6.07, 6.45) is 9.05. The summed E-state index contributed by atoms with van der Waals surface area (Å²) in [4.78, 5) is 0. The van der Waals surface area contributed by atoms with Crippen LogP contribution in [0.5, 0.6) is 0 Å². The fraction of sp³-hybridized carbons (Fsp3) is 0.500. The zero-order chi connectivity index (χ0) is 13.0. The smallest absolute Gasteiger partial charge is 0.100 e. The van der Waals surface area contributed by atoms with E-state index < -0.39 is 6.10 Å². The van der Waals surface area contributed by atoms with Gasteiger partial charge in [-0.1, -0.05) is 40.9 Å². The Morgan fingerprint density at radius 1 is 1.17 bits per heavy atom. The zero-order valence-corrected chi connectivity index (χ0v) is 12.5. The molecule has 0 saturated carbocycles. The average molecular weight is 309 g/mol. The predicted molar refractivity (Wildman–Crippen MR) is 79.6 cm³/mol. The van der Waals surface area contributed by atoms with E-state index in [4.69, 9.17) is 0 Å². The van der Waals surface area contributed by atoms with Gasteiger partial charge in [-0.25, -0.2) is 0 Å². The number of allylic oxidation sites excluding steroid dienone is 1. The monoisotopic (exact) mass is 308 g/mol. The molecule has 1 aliphatic rings. The van der Waals surface area contributed by atoms with Gasteiger partial charge in [-0.3, -0.25) is 0 Å². The Morgan fingerprint density at radius 2 is 1.94 bits per heavy atom. The number of rotatable bonds is 2. The topological polar surface area (TPSA) is 20.2 Å². The minimum Gasteiger partial charge on any atom is -0.384 e. The molecule has 98 valence electrons. The van der Waals surface area contributed by atoms with E-state index in [1.165, 1.54) is 31.3 Å². The molecular weight excluding hydrogens is 288 g/mol. The largest absolute Gasteiger partial charge is 0.384 e. The molecule has 0 amide bonds. The molecule has 0 spiro atoms. The molecule has 0 aliphatic heterocycles. The molecule has 1 atom stereocenters. The quantitative estimate of drug-likeness (QED) is 0.756. The van der Waals surface area contributed by atoms with Crippen molar-refractivity contribution >= 4 is 15.9 Å². The van der Waals surface area contributed by atoms with Gasteiger partial charge in [0.15, 0.2) is 0 Å². The summed E-state index contributed by atoms with van der Waals surface area (Å²) in [6, 6.07) is 6.13.